The molecule has 0 spiro atoms. The van der Waals surface area contributed by atoms with Crippen molar-refractivity contribution in [2.24, 2.45) is 5.10 Å². The van der Waals surface area contributed by atoms with Crippen LogP contribution in [0.5, 0.6) is 5.75 Å². The number of likely N-dealkylation sites (N-methyl/N-ethyl adjacent to an activating group) is 1. The Morgan fingerprint density at radius 1 is 1.11 bits per heavy atom. The molecule has 35 heavy (non-hydrogen) atoms. The van der Waals surface area contributed by atoms with E-state index in [0.29, 0.717) is 23.6 Å². The highest BCUT2D eigenvalue weighted by Gasteiger charge is 2.36. The maximum Gasteiger partial charge on any atom is 0.416 e. The number of carbonyl (C=O) groups is 2. The summed E-state index contributed by atoms with van der Waals surface area (Å²) in [5.74, 6) is 0.187. The summed E-state index contributed by atoms with van der Waals surface area (Å²) in [4.78, 5) is 27.0. The largest absolute Gasteiger partial charge is 0.497 e. The van der Waals surface area contributed by atoms with E-state index in [-0.39, 0.29) is 12.1 Å². The van der Waals surface area contributed by atoms with Gasteiger partial charge in [0.25, 0.3) is 11.8 Å². The third-order valence-corrected chi connectivity index (χ3v) is 5.64. The smallest absolute Gasteiger partial charge is 0.416 e. The number of ether oxygens (including phenoxy) is 1. The average molecular weight is 485 g/mol. The van der Waals surface area contributed by atoms with Crippen LogP contribution in [-0.4, -0.2) is 48.1 Å². The molecule has 10 heteroatoms. The highest BCUT2D eigenvalue weighted by atomic mass is 19.4. The molecule has 0 unspecified atom stereocenters. The Bertz CT molecular complexity index is 1220. The van der Waals surface area contributed by atoms with Crippen LogP contribution in [0.3, 0.4) is 0 Å². The van der Waals surface area contributed by atoms with Gasteiger partial charge in [-0.3, -0.25) is 9.59 Å². The number of hydrazone groups is 1. The maximum atomic E-state index is 13.2. The number of hydrogen-bond acceptors (Lipinski definition) is 5. The zero-order chi connectivity index (χ0) is 25.2. The molecule has 2 amide bonds. The molecular formula is C25H22F3N3O4. The van der Waals surface area contributed by atoms with Gasteiger partial charge in [-0.15, -0.1) is 0 Å². The topological polar surface area (TPSA) is 75.3 Å². The normalized spacial score (nSPS) is 15.6. The zero-order valence-corrected chi connectivity index (χ0v) is 19.0. The van der Waals surface area contributed by atoms with E-state index in [4.69, 9.17) is 9.15 Å². The minimum atomic E-state index is -4.50. The van der Waals surface area contributed by atoms with Crippen LogP contribution in [0.4, 0.5) is 13.2 Å². The van der Waals surface area contributed by atoms with Gasteiger partial charge < -0.3 is 14.1 Å². The summed E-state index contributed by atoms with van der Waals surface area (Å²) < 4.78 is 49.1. The van der Waals surface area contributed by atoms with Crippen LogP contribution < -0.4 is 4.74 Å². The first-order valence-corrected chi connectivity index (χ1v) is 10.7. The predicted molar refractivity (Wildman–Crippen MR) is 121 cm³/mol. The molecule has 7 nitrogen and oxygen atoms in total. The van der Waals surface area contributed by atoms with Crippen molar-refractivity contribution in [3.05, 3.63) is 89.4 Å². The second-order valence-corrected chi connectivity index (χ2v) is 7.99. The Morgan fingerprint density at radius 3 is 2.37 bits per heavy atom. The standard InChI is InChI=1S/C25H22F3N3O4/c1-30(24(33)17-5-9-18(10-6-17)25(26,27)28)15-23(32)31-21(22-4-3-13-35-22)14-20(29-31)16-7-11-19(34-2)12-8-16/h3-13,21H,14-15H2,1-2H3/t21-/m1/s1. The van der Waals surface area contributed by atoms with Crippen LogP contribution in [0.2, 0.25) is 0 Å². The highest BCUT2D eigenvalue weighted by molar-refractivity contribution is 6.03. The minimum Gasteiger partial charge on any atom is -0.497 e. The van der Waals surface area contributed by atoms with Crippen LogP contribution in [0.25, 0.3) is 0 Å². The second kappa shape index (κ2) is 9.65. The molecule has 0 N–H and O–H groups in total. The van der Waals surface area contributed by atoms with Gasteiger partial charge in [-0.05, 0) is 66.2 Å². The first-order chi connectivity index (χ1) is 16.7. The molecule has 0 bridgehead atoms. The van der Waals surface area contributed by atoms with E-state index in [1.807, 2.05) is 12.1 Å². The molecule has 0 saturated heterocycles. The van der Waals surface area contributed by atoms with Crippen molar-refractivity contribution in [1.29, 1.82) is 0 Å². The molecule has 1 aliphatic heterocycles. The fraction of sp³-hybridized carbons (Fsp3) is 0.240. The molecule has 4 rings (SSSR count). The van der Waals surface area contributed by atoms with E-state index in [0.717, 1.165) is 34.7 Å². The molecule has 3 aromatic rings. The lowest BCUT2D eigenvalue weighted by atomic mass is 10.0. The van der Waals surface area contributed by atoms with Gasteiger partial charge in [0.15, 0.2) is 0 Å². The van der Waals surface area contributed by atoms with Gasteiger partial charge in [-0.25, -0.2) is 5.01 Å². The van der Waals surface area contributed by atoms with Gasteiger partial charge in [-0.1, -0.05) is 0 Å². The summed E-state index contributed by atoms with van der Waals surface area (Å²) in [5, 5.41) is 5.80. The number of methoxy groups -OCH3 is 1. The molecule has 182 valence electrons. The van der Waals surface area contributed by atoms with Gasteiger partial charge in [0.1, 0.15) is 24.1 Å². The number of carbonyl (C=O) groups excluding carboxylic acids is 2. The average Bonchev–Trinajstić information content (AvgIpc) is 3.53. The fourth-order valence-electron chi connectivity index (χ4n) is 3.77. The van der Waals surface area contributed by atoms with E-state index in [1.165, 1.54) is 18.3 Å². The van der Waals surface area contributed by atoms with Gasteiger partial charge >= 0.3 is 6.18 Å². The van der Waals surface area contributed by atoms with Crippen molar-refractivity contribution >= 4 is 17.5 Å². The summed E-state index contributed by atoms with van der Waals surface area (Å²) in [6.45, 7) is -0.323. The van der Waals surface area contributed by atoms with Crippen molar-refractivity contribution in [3.8, 4) is 5.75 Å². The van der Waals surface area contributed by atoms with Crippen LogP contribution in [0.15, 0.2) is 76.4 Å². The molecule has 2 heterocycles. The molecule has 0 aliphatic carbocycles. The minimum absolute atomic E-state index is 0.0414. The number of hydrogen-bond donors (Lipinski definition) is 0. The number of alkyl halides is 3. The maximum absolute atomic E-state index is 13.2. The van der Waals surface area contributed by atoms with Gasteiger partial charge in [0.2, 0.25) is 0 Å². The number of nitrogens with zero attached hydrogens (tertiary/aromatic N) is 3. The number of halogens is 3. The number of furan rings is 1. The summed E-state index contributed by atoms with van der Waals surface area (Å²) >= 11 is 0. The highest BCUT2D eigenvalue weighted by Crippen LogP contribution is 2.33. The Labute approximate surface area is 199 Å². The van der Waals surface area contributed by atoms with Gasteiger partial charge in [0, 0.05) is 19.0 Å². The van der Waals surface area contributed by atoms with Crippen molar-refractivity contribution in [2.75, 3.05) is 20.7 Å². The Morgan fingerprint density at radius 2 is 1.80 bits per heavy atom. The third kappa shape index (κ3) is 5.21. The fourth-order valence-corrected chi connectivity index (χ4v) is 3.77. The SMILES string of the molecule is COc1ccc(C2=NN(C(=O)CN(C)C(=O)c3ccc(C(F)(F)F)cc3)[C@@H](c3ccco3)C2)cc1. The van der Waals surface area contributed by atoms with Crippen molar-refractivity contribution in [2.45, 2.75) is 18.6 Å². The first kappa shape index (κ1) is 24.1. The Balaban J connectivity index is 1.52. The summed E-state index contributed by atoms with van der Waals surface area (Å²) in [7, 11) is 2.97. The van der Waals surface area contributed by atoms with E-state index >= 15 is 0 Å². The summed E-state index contributed by atoms with van der Waals surface area (Å²) in [6, 6.07) is 14.1. The van der Waals surface area contributed by atoms with E-state index in [2.05, 4.69) is 5.10 Å². The summed E-state index contributed by atoms with van der Waals surface area (Å²) in [5.41, 5.74) is 0.664. The number of amides is 2. The first-order valence-electron chi connectivity index (χ1n) is 10.7. The lowest BCUT2D eigenvalue weighted by molar-refractivity contribution is -0.137. The molecule has 0 saturated carbocycles. The van der Waals surface area contributed by atoms with Crippen molar-refractivity contribution in [3.63, 3.8) is 0 Å². The molecular weight excluding hydrogens is 463 g/mol. The molecule has 1 atom stereocenters. The molecule has 0 fully saturated rings. The van der Waals surface area contributed by atoms with Crippen molar-refractivity contribution < 1.29 is 31.9 Å². The molecule has 1 aliphatic rings. The van der Waals surface area contributed by atoms with Crippen LogP contribution in [0, 0.1) is 0 Å². The van der Waals surface area contributed by atoms with Crippen LogP contribution >= 0.6 is 0 Å². The lowest BCUT2D eigenvalue weighted by Gasteiger charge is -2.23. The van der Waals surface area contributed by atoms with Crippen LogP contribution in [0.1, 0.15) is 39.7 Å². The molecule has 2 aromatic carbocycles. The van der Waals surface area contributed by atoms with E-state index < -0.39 is 29.6 Å². The predicted octanol–water partition coefficient (Wildman–Crippen LogP) is 4.76. The number of benzene rings is 2. The van der Waals surface area contributed by atoms with Crippen molar-refractivity contribution in [1.82, 2.24) is 9.91 Å². The monoisotopic (exact) mass is 485 g/mol. The van der Waals surface area contributed by atoms with Crippen LogP contribution in [-0.2, 0) is 11.0 Å². The Kier molecular flexibility index (Phi) is 6.63. The molecule has 1 aromatic heterocycles. The third-order valence-electron chi connectivity index (χ3n) is 5.64. The zero-order valence-electron chi connectivity index (χ0n) is 19.0. The Hall–Kier alpha value is -4.08. The lowest BCUT2D eigenvalue weighted by Crippen LogP contribution is -2.39. The summed E-state index contributed by atoms with van der Waals surface area (Å²) in [6.07, 6.45) is -2.59. The van der Waals surface area contributed by atoms with Gasteiger partial charge in [0.05, 0.1) is 24.6 Å². The van der Waals surface area contributed by atoms with E-state index in [1.54, 1.807) is 31.4 Å². The van der Waals surface area contributed by atoms with E-state index in [9.17, 15) is 22.8 Å². The number of rotatable bonds is 6. The second-order valence-electron chi connectivity index (χ2n) is 7.99. The van der Waals surface area contributed by atoms with Gasteiger partial charge in [-0.2, -0.15) is 18.3 Å². The quantitative estimate of drug-likeness (QED) is 0.505. The molecule has 0 radical (unpaired) electrons.